The lowest BCUT2D eigenvalue weighted by Gasteiger charge is -2.18. The molecule has 0 aromatic carbocycles. The van der Waals surface area contributed by atoms with E-state index in [0.717, 1.165) is 64.2 Å². The molecule has 0 aliphatic carbocycles. The highest BCUT2D eigenvalue weighted by Crippen LogP contribution is 2.13. The smallest absolute Gasteiger partial charge is 0.306 e. The molecule has 0 N–H and O–H groups in total. The highest BCUT2D eigenvalue weighted by Gasteiger charge is 2.19. The van der Waals surface area contributed by atoms with E-state index in [1.165, 1.54) is 89.9 Å². The van der Waals surface area contributed by atoms with Crippen LogP contribution in [-0.4, -0.2) is 37.2 Å². The van der Waals surface area contributed by atoms with Gasteiger partial charge in [0.25, 0.3) is 0 Å². The van der Waals surface area contributed by atoms with Gasteiger partial charge in [-0.1, -0.05) is 142 Å². The lowest BCUT2D eigenvalue weighted by atomic mass is 10.1. The molecule has 0 aromatic rings. The van der Waals surface area contributed by atoms with Crippen molar-refractivity contribution in [1.29, 1.82) is 0 Å². The van der Waals surface area contributed by atoms with E-state index in [9.17, 15) is 14.4 Å². The lowest BCUT2D eigenvalue weighted by Crippen LogP contribution is -2.30. The normalized spacial score (nSPS) is 12.0. The van der Waals surface area contributed by atoms with Gasteiger partial charge in [0, 0.05) is 19.3 Å². The Bertz CT molecular complexity index is 689. The SMILES string of the molecule is CCCCC/C=C\CCCCCCCC(=O)OCC(COC(=O)CCCCCCCCC)OC(=O)CCCCCCCCC. The van der Waals surface area contributed by atoms with E-state index in [4.69, 9.17) is 14.2 Å². The Morgan fingerprint density at radius 1 is 0.432 bits per heavy atom. The molecule has 6 heteroatoms. The molecule has 0 saturated heterocycles. The molecule has 0 aliphatic rings. The van der Waals surface area contributed by atoms with Crippen LogP contribution in [0.1, 0.15) is 194 Å². The summed E-state index contributed by atoms with van der Waals surface area (Å²) in [6.45, 7) is 6.49. The van der Waals surface area contributed by atoms with Crippen LogP contribution >= 0.6 is 0 Å². The molecule has 6 nitrogen and oxygen atoms in total. The zero-order valence-corrected chi connectivity index (χ0v) is 29.2. The van der Waals surface area contributed by atoms with Crippen LogP contribution < -0.4 is 0 Å². The Kier molecular flexibility index (Phi) is 32.6. The summed E-state index contributed by atoms with van der Waals surface area (Å²) in [6, 6.07) is 0. The summed E-state index contributed by atoms with van der Waals surface area (Å²) in [5.41, 5.74) is 0. The molecule has 0 rings (SSSR count). The summed E-state index contributed by atoms with van der Waals surface area (Å²) in [4.78, 5) is 37.1. The quantitative estimate of drug-likeness (QED) is 0.0313. The van der Waals surface area contributed by atoms with Crippen LogP contribution in [0, 0.1) is 0 Å². The molecule has 1 atom stereocenters. The molecule has 258 valence electrons. The number of esters is 3. The second-order valence-corrected chi connectivity index (χ2v) is 12.5. The Balaban J connectivity index is 4.31. The van der Waals surface area contributed by atoms with E-state index in [0.29, 0.717) is 19.3 Å². The highest BCUT2D eigenvalue weighted by atomic mass is 16.6. The standard InChI is InChI=1S/C38H70O6/c1-4-7-10-13-16-17-18-19-20-23-25-28-31-37(40)43-34-35(44-38(41)32-29-26-22-15-12-9-6-3)33-42-36(39)30-27-24-21-14-11-8-5-2/h16-17,35H,4-15,18-34H2,1-3H3/b17-16-. The van der Waals surface area contributed by atoms with Crippen molar-refractivity contribution in [1.82, 2.24) is 0 Å². The van der Waals surface area contributed by atoms with Gasteiger partial charge in [-0.3, -0.25) is 14.4 Å². The predicted molar refractivity (Wildman–Crippen MR) is 183 cm³/mol. The molecule has 0 saturated carbocycles. The first-order valence-corrected chi connectivity index (χ1v) is 18.7. The number of hydrogen-bond acceptors (Lipinski definition) is 6. The fourth-order valence-corrected chi connectivity index (χ4v) is 5.14. The summed E-state index contributed by atoms with van der Waals surface area (Å²) in [5, 5.41) is 0. The fourth-order valence-electron chi connectivity index (χ4n) is 5.14. The molecule has 0 fully saturated rings. The number of ether oxygens (including phenoxy) is 3. The minimum absolute atomic E-state index is 0.0710. The molecule has 0 amide bonds. The topological polar surface area (TPSA) is 78.9 Å². The van der Waals surface area contributed by atoms with E-state index in [1.807, 2.05) is 0 Å². The Morgan fingerprint density at radius 2 is 0.750 bits per heavy atom. The van der Waals surface area contributed by atoms with Crippen molar-refractivity contribution in [3.8, 4) is 0 Å². The molecule has 1 unspecified atom stereocenters. The van der Waals surface area contributed by atoms with Crippen LogP contribution in [-0.2, 0) is 28.6 Å². The van der Waals surface area contributed by atoms with Crippen molar-refractivity contribution in [2.75, 3.05) is 13.2 Å². The van der Waals surface area contributed by atoms with Crippen LogP contribution in [0.5, 0.6) is 0 Å². The highest BCUT2D eigenvalue weighted by molar-refractivity contribution is 5.71. The van der Waals surface area contributed by atoms with Gasteiger partial charge in [-0.2, -0.15) is 0 Å². The first-order valence-electron chi connectivity index (χ1n) is 18.7. The van der Waals surface area contributed by atoms with Crippen LogP contribution in [0.25, 0.3) is 0 Å². The molecule has 0 aromatic heterocycles. The third-order valence-electron chi connectivity index (χ3n) is 8.02. The number of unbranched alkanes of at least 4 members (excludes halogenated alkanes) is 20. The van der Waals surface area contributed by atoms with Crippen molar-refractivity contribution in [2.24, 2.45) is 0 Å². The van der Waals surface area contributed by atoms with Gasteiger partial charge in [-0.15, -0.1) is 0 Å². The van der Waals surface area contributed by atoms with Crippen molar-refractivity contribution in [3.63, 3.8) is 0 Å². The zero-order chi connectivity index (χ0) is 32.4. The maximum Gasteiger partial charge on any atom is 0.306 e. The van der Waals surface area contributed by atoms with Gasteiger partial charge in [-0.05, 0) is 44.9 Å². The minimum atomic E-state index is -0.760. The maximum absolute atomic E-state index is 12.5. The zero-order valence-electron chi connectivity index (χ0n) is 29.2. The lowest BCUT2D eigenvalue weighted by molar-refractivity contribution is -0.167. The van der Waals surface area contributed by atoms with Crippen molar-refractivity contribution >= 4 is 17.9 Å². The second-order valence-electron chi connectivity index (χ2n) is 12.5. The van der Waals surface area contributed by atoms with Crippen molar-refractivity contribution in [3.05, 3.63) is 12.2 Å². The van der Waals surface area contributed by atoms with Crippen molar-refractivity contribution < 1.29 is 28.6 Å². The second kappa shape index (κ2) is 34.0. The van der Waals surface area contributed by atoms with Gasteiger partial charge >= 0.3 is 17.9 Å². The first-order chi connectivity index (χ1) is 21.5. The molecular weight excluding hydrogens is 552 g/mol. The van der Waals surface area contributed by atoms with E-state index in [-0.39, 0.29) is 31.1 Å². The van der Waals surface area contributed by atoms with Crippen LogP contribution in [0.15, 0.2) is 12.2 Å². The van der Waals surface area contributed by atoms with Gasteiger partial charge in [0.15, 0.2) is 6.10 Å². The number of carbonyl (C=O) groups is 3. The average Bonchev–Trinajstić information content (AvgIpc) is 3.02. The van der Waals surface area contributed by atoms with Gasteiger partial charge in [0.2, 0.25) is 0 Å². The molecule has 44 heavy (non-hydrogen) atoms. The average molecular weight is 623 g/mol. The Morgan fingerprint density at radius 3 is 1.18 bits per heavy atom. The molecular formula is C38H70O6. The first kappa shape index (κ1) is 42.1. The maximum atomic E-state index is 12.5. The molecule has 0 bridgehead atoms. The van der Waals surface area contributed by atoms with Gasteiger partial charge in [0.05, 0.1) is 0 Å². The van der Waals surface area contributed by atoms with E-state index in [1.54, 1.807) is 0 Å². The summed E-state index contributed by atoms with van der Waals surface area (Å²) in [5.74, 6) is -0.897. The number of rotatable bonds is 33. The molecule has 0 spiro atoms. The number of hydrogen-bond donors (Lipinski definition) is 0. The van der Waals surface area contributed by atoms with E-state index in [2.05, 4.69) is 32.9 Å². The molecule has 0 radical (unpaired) electrons. The van der Waals surface area contributed by atoms with Crippen LogP contribution in [0.3, 0.4) is 0 Å². The molecule has 0 heterocycles. The van der Waals surface area contributed by atoms with E-state index < -0.39 is 6.10 Å². The van der Waals surface area contributed by atoms with Gasteiger partial charge in [-0.25, -0.2) is 0 Å². The molecule has 0 aliphatic heterocycles. The fraction of sp³-hybridized carbons (Fsp3) is 0.868. The monoisotopic (exact) mass is 623 g/mol. The third kappa shape index (κ3) is 31.6. The summed E-state index contributed by atoms with van der Waals surface area (Å²) >= 11 is 0. The largest absolute Gasteiger partial charge is 0.462 e. The van der Waals surface area contributed by atoms with Crippen molar-refractivity contribution in [2.45, 2.75) is 200 Å². The minimum Gasteiger partial charge on any atom is -0.462 e. The van der Waals surface area contributed by atoms with E-state index >= 15 is 0 Å². The van der Waals surface area contributed by atoms with Gasteiger partial charge < -0.3 is 14.2 Å². The Hall–Kier alpha value is -1.85. The predicted octanol–water partition coefficient (Wildman–Crippen LogP) is 11.1. The number of carbonyl (C=O) groups excluding carboxylic acids is 3. The summed E-state index contributed by atoms with van der Waals surface area (Å²) in [7, 11) is 0. The Labute approximate surface area is 271 Å². The number of allylic oxidation sites excluding steroid dienone is 2. The summed E-state index contributed by atoms with van der Waals surface area (Å²) in [6.07, 6.45) is 32.1. The van der Waals surface area contributed by atoms with Gasteiger partial charge in [0.1, 0.15) is 13.2 Å². The van der Waals surface area contributed by atoms with Crippen LogP contribution in [0.2, 0.25) is 0 Å². The third-order valence-corrected chi connectivity index (χ3v) is 8.02. The van der Waals surface area contributed by atoms with Crippen LogP contribution in [0.4, 0.5) is 0 Å². The summed E-state index contributed by atoms with van der Waals surface area (Å²) < 4.78 is 16.5.